The van der Waals surface area contributed by atoms with E-state index in [-0.39, 0.29) is 24.0 Å². The van der Waals surface area contributed by atoms with Crippen molar-refractivity contribution in [3.05, 3.63) is 48.2 Å². The van der Waals surface area contributed by atoms with E-state index in [1.165, 1.54) is 12.8 Å². The van der Waals surface area contributed by atoms with Crippen molar-refractivity contribution in [3.8, 4) is 17.4 Å². The Morgan fingerprint density at radius 3 is 2.44 bits per heavy atom. The highest BCUT2D eigenvalue weighted by Crippen LogP contribution is 2.25. The average Bonchev–Trinajstić information content (AvgIpc) is 3.46. The summed E-state index contributed by atoms with van der Waals surface area (Å²) in [4.78, 5) is 10.8. The van der Waals surface area contributed by atoms with Crippen LogP contribution in [0.4, 0.5) is 0 Å². The number of ether oxygens (including phenoxy) is 2. The van der Waals surface area contributed by atoms with Crippen molar-refractivity contribution in [1.29, 1.82) is 0 Å². The smallest absolute Gasteiger partial charge is 0.219 e. The third kappa shape index (κ3) is 5.48. The minimum atomic E-state index is 0. The molecule has 1 aliphatic rings. The van der Waals surface area contributed by atoms with Gasteiger partial charge >= 0.3 is 0 Å². The summed E-state index contributed by atoms with van der Waals surface area (Å²) >= 11 is 0. The first-order valence-corrected chi connectivity index (χ1v) is 7.95. The first-order valence-electron chi connectivity index (χ1n) is 7.95. The zero-order valence-electron chi connectivity index (χ0n) is 14.4. The molecule has 1 aliphatic carbocycles. The van der Waals surface area contributed by atoms with Crippen molar-refractivity contribution in [2.45, 2.75) is 25.4 Å². The Bertz CT molecular complexity index is 700. The molecule has 0 radical (unpaired) electrons. The molecule has 7 heteroatoms. The molecule has 0 saturated heterocycles. The monoisotopic (exact) mass is 454 g/mol. The molecule has 2 aromatic rings. The van der Waals surface area contributed by atoms with Crippen LogP contribution in [0.25, 0.3) is 0 Å². The Kier molecular flexibility index (Phi) is 6.86. The highest BCUT2D eigenvalue weighted by molar-refractivity contribution is 14.0. The highest BCUT2D eigenvalue weighted by atomic mass is 127. The van der Waals surface area contributed by atoms with Gasteiger partial charge in [0, 0.05) is 25.4 Å². The number of nitrogens with two attached hydrogens (primary N) is 1. The third-order valence-corrected chi connectivity index (χ3v) is 3.96. The van der Waals surface area contributed by atoms with E-state index >= 15 is 0 Å². The van der Waals surface area contributed by atoms with E-state index in [2.05, 4.69) is 9.98 Å². The maximum absolute atomic E-state index is 5.98. The van der Waals surface area contributed by atoms with Crippen molar-refractivity contribution >= 4 is 29.9 Å². The van der Waals surface area contributed by atoms with Gasteiger partial charge in [-0.05, 0) is 42.7 Å². The van der Waals surface area contributed by atoms with Crippen LogP contribution in [0.3, 0.4) is 0 Å². The third-order valence-electron chi connectivity index (χ3n) is 3.96. The maximum Gasteiger partial charge on any atom is 0.219 e. The van der Waals surface area contributed by atoms with E-state index in [9.17, 15) is 0 Å². The van der Waals surface area contributed by atoms with Gasteiger partial charge in [0.1, 0.15) is 11.5 Å². The summed E-state index contributed by atoms with van der Waals surface area (Å²) in [6.45, 7) is 0.513. The molecular weight excluding hydrogens is 431 g/mol. The van der Waals surface area contributed by atoms with E-state index < -0.39 is 0 Å². The molecule has 0 amide bonds. The molecule has 0 unspecified atom stereocenters. The number of benzene rings is 1. The highest BCUT2D eigenvalue weighted by Gasteiger charge is 2.27. The minimum Gasteiger partial charge on any atom is -0.497 e. The Morgan fingerprint density at radius 2 is 1.88 bits per heavy atom. The molecule has 0 bridgehead atoms. The summed E-state index contributed by atoms with van der Waals surface area (Å²) in [5, 5.41) is 0. The number of guanidine groups is 1. The van der Waals surface area contributed by atoms with Crippen LogP contribution in [0.2, 0.25) is 0 Å². The SMILES string of the molecule is COc1ccc(Oc2ccc(CN=C(N)N(C)C3CC3)cn2)cc1.I. The summed E-state index contributed by atoms with van der Waals surface area (Å²) < 4.78 is 10.8. The van der Waals surface area contributed by atoms with E-state index in [0.29, 0.717) is 30.2 Å². The second-order valence-corrected chi connectivity index (χ2v) is 5.80. The van der Waals surface area contributed by atoms with E-state index in [1.54, 1.807) is 13.3 Å². The number of nitrogens with zero attached hydrogens (tertiary/aromatic N) is 3. The molecule has 0 spiro atoms. The summed E-state index contributed by atoms with van der Waals surface area (Å²) in [7, 11) is 3.62. The first-order chi connectivity index (χ1) is 11.7. The lowest BCUT2D eigenvalue weighted by atomic mass is 10.3. The van der Waals surface area contributed by atoms with Gasteiger partial charge in [-0.1, -0.05) is 6.07 Å². The molecular formula is C18H23IN4O2. The van der Waals surface area contributed by atoms with E-state index in [1.807, 2.05) is 48.3 Å². The molecule has 6 nitrogen and oxygen atoms in total. The van der Waals surface area contributed by atoms with Gasteiger partial charge in [-0.3, -0.25) is 0 Å². The van der Waals surface area contributed by atoms with Crippen LogP contribution in [0, 0.1) is 0 Å². The van der Waals surface area contributed by atoms with Crippen LogP contribution in [0.15, 0.2) is 47.6 Å². The van der Waals surface area contributed by atoms with Crippen molar-refractivity contribution in [2.24, 2.45) is 10.7 Å². The molecule has 25 heavy (non-hydrogen) atoms. The van der Waals surface area contributed by atoms with E-state index in [0.717, 1.165) is 11.3 Å². The van der Waals surface area contributed by atoms with Gasteiger partial charge in [0.2, 0.25) is 5.88 Å². The number of rotatable bonds is 6. The van der Waals surface area contributed by atoms with Crippen LogP contribution in [-0.2, 0) is 6.54 Å². The van der Waals surface area contributed by atoms with Crippen LogP contribution in [-0.4, -0.2) is 36.0 Å². The van der Waals surface area contributed by atoms with Crippen molar-refractivity contribution in [1.82, 2.24) is 9.88 Å². The second-order valence-electron chi connectivity index (χ2n) is 5.80. The number of pyridine rings is 1. The Morgan fingerprint density at radius 1 is 1.20 bits per heavy atom. The maximum atomic E-state index is 5.98. The van der Waals surface area contributed by atoms with Gasteiger partial charge in [-0.15, -0.1) is 24.0 Å². The van der Waals surface area contributed by atoms with Crippen molar-refractivity contribution in [2.75, 3.05) is 14.2 Å². The van der Waals surface area contributed by atoms with Crippen LogP contribution in [0.1, 0.15) is 18.4 Å². The molecule has 1 aromatic carbocycles. The van der Waals surface area contributed by atoms with Crippen molar-refractivity contribution < 1.29 is 9.47 Å². The summed E-state index contributed by atoms with van der Waals surface area (Å²) in [5.41, 5.74) is 6.97. The Hall–Kier alpha value is -2.03. The fraction of sp³-hybridized carbons (Fsp3) is 0.333. The molecule has 1 fully saturated rings. The predicted molar refractivity (Wildman–Crippen MR) is 109 cm³/mol. The fourth-order valence-corrected chi connectivity index (χ4v) is 2.26. The predicted octanol–water partition coefficient (Wildman–Crippen LogP) is 3.41. The van der Waals surface area contributed by atoms with Gasteiger partial charge in [-0.25, -0.2) is 9.98 Å². The Labute approximate surface area is 165 Å². The van der Waals surface area contributed by atoms with E-state index in [4.69, 9.17) is 15.2 Å². The Balaban J connectivity index is 0.00000225. The molecule has 2 N–H and O–H groups in total. The molecule has 134 valence electrons. The summed E-state index contributed by atoms with van der Waals surface area (Å²) in [6, 6.07) is 11.7. The molecule has 1 aromatic heterocycles. The standard InChI is InChI=1S/C18H22N4O2.HI/c1-22(14-4-5-14)18(19)21-12-13-3-10-17(20-11-13)24-16-8-6-15(23-2)7-9-16;/h3,6-11,14H,4-5,12H2,1-2H3,(H2,19,21);1H. The van der Waals surface area contributed by atoms with Crippen LogP contribution in [0.5, 0.6) is 17.4 Å². The summed E-state index contributed by atoms with van der Waals surface area (Å²) in [6.07, 6.45) is 4.16. The van der Waals surface area contributed by atoms with Gasteiger partial charge in [0.05, 0.1) is 13.7 Å². The van der Waals surface area contributed by atoms with Crippen LogP contribution < -0.4 is 15.2 Å². The number of aromatic nitrogens is 1. The first kappa shape index (κ1) is 19.3. The van der Waals surface area contributed by atoms with Gasteiger partial charge in [0.25, 0.3) is 0 Å². The van der Waals surface area contributed by atoms with Gasteiger partial charge < -0.3 is 20.1 Å². The molecule has 1 saturated carbocycles. The number of hydrogen-bond acceptors (Lipinski definition) is 4. The quantitative estimate of drug-likeness (QED) is 0.412. The lowest BCUT2D eigenvalue weighted by Gasteiger charge is -2.16. The van der Waals surface area contributed by atoms with Gasteiger partial charge in [0.15, 0.2) is 5.96 Å². The molecule has 0 atom stereocenters. The average molecular weight is 454 g/mol. The molecule has 0 aliphatic heterocycles. The number of aliphatic imine (C=N–C) groups is 1. The summed E-state index contributed by atoms with van der Waals surface area (Å²) in [5.74, 6) is 2.62. The second kappa shape index (κ2) is 8.89. The van der Waals surface area contributed by atoms with Crippen LogP contribution >= 0.6 is 24.0 Å². The normalized spacial score (nSPS) is 13.8. The lowest BCUT2D eigenvalue weighted by Crippen LogP contribution is -2.35. The largest absolute Gasteiger partial charge is 0.497 e. The fourth-order valence-electron chi connectivity index (χ4n) is 2.26. The molecule has 1 heterocycles. The number of hydrogen-bond donors (Lipinski definition) is 1. The van der Waals surface area contributed by atoms with Crippen molar-refractivity contribution in [3.63, 3.8) is 0 Å². The zero-order valence-corrected chi connectivity index (χ0v) is 16.7. The minimum absolute atomic E-state index is 0. The number of methoxy groups -OCH3 is 1. The topological polar surface area (TPSA) is 73.0 Å². The number of halogens is 1. The zero-order chi connectivity index (χ0) is 16.9. The van der Waals surface area contributed by atoms with Gasteiger partial charge in [-0.2, -0.15) is 0 Å². The lowest BCUT2D eigenvalue weighted by molar-refractivity contribution is 0.412. The molecule has 3 rings (SSSR count).